The van der Waals surface area contributed by atoms with Crippen LogP contribution in [-0.4, -0.2) is 49.5 Å². The van der Waals surface area contributed by atoms with Gasteiger partial charge in [-0.15, -0.1) is 12.4 Å². The number of H-pyrrole nitrogens is 1. The number of halogens is 2. The van der Waals surface area contributed by atoms with Gasteiger partial charge in [0.25, 0.3) is 5.91 Å². The molecule has 0 fully saturated rings. The Hall–Kier alpha value is -1.60. The van der Waals surface area contributed by atoms with Gasteiger partial charge < -0.3 is 15.4 Å². The monoisotopic (exact) mass is 358 g/mol. The van der Waals surface area contributed by atoms with Crippen molar-refractivity contribution in [2.45, 2.75) is 0 Å². The van der Waals surface area contributed by atoms with Gasteiger partial charge in [-0.25, -0.2) is 0 Å². The average Bonchev–Trinajstić information content (AvgIpc) is 3.01. The third kappa shape index (κ3) is 5.84. The summed E-state index contributed by atoms with van der Waals surface area (Å²) < 4.78 is 4.93. The first-order chi connectivity index (χ1) is 10.7. The Balaban J connectivity index is 0.00000264. The molecule has 0 aliphatic heterocycles. The van der Waals surface area contributed by atoms with E-state index in [9.17, 15) is 4.79 Å². The van der Waals surface area contributed by atoms with E-state index >= 15 is 0 Å². The molecule has 6 nitrogen and oxygen atoms in total. The number of carbonyl (C=O) groups excluding carboxylic acids is 1. The Morgan fingerprint density at radius 2 is 2.00 bits per heavy atom. The van der Waals surface area contributed by atoms with Gasteiger partial charge in [-0.3, -0.25) is 9.89 Å². The smallest absolute Gasteiger partial charge is 0.255 e. The zero-order valence-corrected chi connectivity index (χ0v) is 14.3. The highest BCUT2D eigenvalue weighted by molar-refractivity contribution is 6.30. The SMILES string of the molecule is COCCNCCNC(=O)c1cn[nH]c1-c1ccc(Cl)cc1.Cl. The molecule has 2 rings (SSSR count). The summed E-state index contributed by atoms with van der Waals surface area (Å²) in [7, 11) is 1.65. The van der Waals surface area contributed by atoms with E-state index in [2.05, 4.69) is 20.8 Å². The van der Waals surface area contributed by atoms with Crippen molar-refractivity contribution < 1.29 is 9.53 Å². The minimum Gasteiger partial charge on any atom is -0.383 e. The Kier molecular flexibility index (Phi) is 8.65. The predicted molar refractivity (Wildman–Crippen MR) is 93.4 cm³/mol. The van der Waals surface area contributed by atoms with Gasteiger partial charge in [0.15, 0.2) is 0 Å². The van der Waals surface area contributed by atoms with Crippen LogP contribution in [-0.2, 0) is 4.74 Å². The lowest BCUT2D eigenvalue weighted by molar-refractivity contribution is 0.0954. The molecule has 3 N–H and O–H groups in total. The Labute approximate surface area is 146 Å². The molecule has 0 spiro atoms. The number of hydrogen-bond acceptors (Lipinski definition) is 4. The molecule has 1 heterocycles. The lowest BCUT2D eigenvalue weighted by Crippen LogP contribution is -2.33. The number of methoxy groups -OCH3 is 1. The number of benzene rings is 1. The van der Waals surface area contributed by atoms with Crippen LogP contribution in [0.15, 0.2) is 30.5 Å². The molecule has 0 aliphatic rings. The predicted octanol–water partition coefficient (Wildman–Crippen LogP) is 2.12. The molecular weight excluding hydrogens is 339 g/mol. The molecule has 0 aliphatic carbocycles. The summed E-state index contributed by atoms with van der Waals surface area (Å²) in [6.45, 7) is 2.63. The van der Waals surface area contributed by atoms with E-state index in [0.29, 0.717) is 36.0 Å². The minimum atomic E-state index is -0.160. The Bertz CT molecular complexity index is 602. The summed E-state index contributed by atoms with van der Waals surface area (Å²) in [5.74, 6) is -0.160. The van der Waals surface area contributed by atoms with Crippen LogP contribution in [0.1, 0.15) is 10.4 Å². The van der Waals surface area contributed by atoms with Gasteiger partial charge >= 0.3 is 0 Å². The van der Waals surface area contributed by atoms with Crippen molar-refractivity contribution >= 4 is 29.9 Å². The summed E-state index contributed by atoms with van der Waals surface area (Å²) >= 11 is 5.88. The molecule has 1 aromatic carbocycles. The average molecular weight is 359 g/mol. The number of aromatic amines is 1. The maximum Gasteiger partial charge on any atom is 0.255 e. The van der Waals surface area contributed by atoms with Crippen molar-refractivity contribution in [2.24, 2.45) is 0 Å². The van der Waals surface area contributed by atoms with E-state index in [1.807, 2.05) is 12.1 Å². The summed E-state index contributed by atoms with van der Waals surface area (Å²) in [6.07, 6.45) is 1.53. The van der Waals surface area contributed by atoms with Crippen LogP contribution >= 0.6 is 24.0 Å². The molecule has 2 aromatic rings. The fourth-order valence-corrected chi connectivity index (χ4v) is 2.08. The molecule has 0 saturated heterocycles. The largest absolute Gasteiger partial charge is 0.383 e. The number of nitrogens with zero attached hydrogens (tertiary/aromatic N) is 1. The van der Waals surface area contributed by atoms with Crippen molar-refractivity contribution in [1.82, 2.24) is 20.8 Å². The quantitative estimate of drug-likeness (QED) is 0.631. The van der Waals surface area contributed by atoms with Gasteiger partial charge in [0, 0.05) is 37.3 Å². The molecule has 0 atom stereocenters. The third-order valence-electron chi connectivity index (χ3n) is 3.09. The van der Waals surface area contributed by atoms with Crippen LogP contribution in [0, 0.1) is 0 Å². The third-order valence-corrected chi connectivity index (χ3v) is 3.34. The van der Waals surface area contributed by atoms with E-state index in [-0.39, 0.29) is 18.3 Å². The van der Waals surface area contributed by atoms with E-state index in [4.69, 9.17) is 16.3 Å². The lowest BCUT2D eigenvalue weighted by atomic mass is 10.1. The molecule has 23 heavy (non-hydrogen) atoms. The molecule has 0 unspecified atom stereocenters. The highest BCUT2D eigenvalue weighted by Crippen LogP contribution is 2.22. The highest BCUT2D eigenvalue weighted by atomic mass is 35.5. The number of rotatable bonds is 8. The first kappa shape index (κ1) is 19.4. The first-order valence-electron chi connectivity index (χ1n) is 6.99. The van der Waals surface area contributed by atoms with Crippen LogP contribution in [0.2, 0.25) is 5.02 Å². The number of carbonyl (C=O) groups is 1. The van der Waals surface area contributed by atoms with E-state index in [0.717, 1.165) is 12.1 Å². The van der Waals surface area contributed by atoms with Crippen molar-refractivity contribution in [3.05, 3.63) is 41.0 Å². The number of hydrogen-bond donors (Lipinski definition) is 3. The fraction of sp³-hybridized carbons (Fsp3) is 0.333. The van der Waals surface area contributed by atoms with Crippen LogP contribution < -0.4 is 10.6 Å². The van der Waals surface area contributed by atoms with Crippen molar-refractivity contribution in [1.29, 1.82) is 0 Å². The van der Waals surface area contributed by atoms with Crippen molar-refractivity contribution in [2.75, 3.05) is 33.4 Å². The topological polar surface area (TPSA) is 79.0 Å². The summed E-state index contributed by atoms with van der Waals surface area (Å²) in [5.41, 5.74) is 2.06. The van der Waals surface area contributed by atoms with Gasteiger partial charge in [-0.1, -0.05) is 23.7 Å². The summed E-state index contributed by atoms with van der Waals surface area (Å²) in [5, 5.41) is 13.5. The van der Waals surface area contributed by atoms with Crippen LogP contribution in [0.5, 0.6) is 0 Å². The molecule has 1 amide bonds. The second-order valence-electron chi connectivity index (χ2n) is 4.66. The molecule has 0 radical (unpaired) electrons. The van der Waals surface area contributed by atoms with Crippen LogP contribution in [0.4, 0.5) is 0 Å². The van der Waals surface area contributed by atoms with Gasteiger partial charge in [0.05, 0.1) is 24.1 Å². The van der Waals surface area contributed by atoms with Crippen molar-refractivity contribution in [3.63, 3.8) is 0 Å². The maximum atomic E-state index is 12.2. The first-order valence-corrected chi connectivity index (χ1v) is 7.37. The number of ether oxygens (including phenoxy) is 1. The molecule has 1 aromatic heterocycles. The van der Waals surface area contributed by atoms with E-state index in [1.54, 1.807) is 19.2 Å². The van der Waals surface area contributed by atoms with Crippen LogP contribution in [0.3, 0.4) is 0 Å². The van der Waals surface area contributed by atoms with Gasteiger partial charge in [-0.2, -0.15) is 5.10 Å². The second-order valence-corrected chi connectivity index (χ2v) is 5.10. The second kappa shape index (κ2) is 10.2. The van der Waals surface area contributed by atoms with Crippen molar-refractivity contribution in [3.8, 4) is 11.3 Å². The molecule has 126 valence electrons. The minimum absolute atomic E-state index is 0. The standard InChI is InChI=1S/C15H19ClN4O2.ClH/c1-22-9-8-17-6-7-18-15(21)13-10-19-20-14(13)11-2-4-12(16)5-3-11;/h2-5,10,17H,6-9H2,1H3,(H,18,21)(H,19,20);1H. The zero-order valence-electron chi connectivity index (χ0n) is 12.8. The van der Waals surface area contributed by atoms with Gasteiger partial charge in [0.2, 0.25) is 0 Å². The zero-order chi connectivity index (χ0) is 15.8. The van der Waals surface area contributed by atoms with E-state index in [1.165, 1.54) is 6.20 Å². The Morgan fingerprint density at radius 3 is 2.70 bits per heavy atom. The summed E-state index contributed by atoms with van der Waals surface area (Å²) in [4.78, 5) is 12.2. The van der Waals surface area contributed by atoms with Crippen LogP contribution in [0.25, 0.3) is 11.3 Å². The molecular formula is C15H20Cl2N4O2. The number of nitrogens with one attached hydrogen (secondary N) is 3. The highest BCUT2D eigenvalue weighted by Gasteiger charge is 2.14. The number of amides is 1. The molecule has 0 saturated carbocycles. The van der Waals surface area contributed by atoms with Gasteiger partial charge in [-0.05, 0) is 12.1 Å². The normalized spacial score (nSPS) is 10.2. The summed E-state index contributed by atoms with van der Waals surface area (Å²) in [6, 6.07) is 7.25. The number of aromatic nitrogens is 2. The maximum absolute atomic E-state index is 12.2. The van der Waals surface area contributed by atoms with Gasteiger partial charge in [0.1, 0.15) is 0 Å². The molecule has 0 bridgehead atoms. The Morgan fingerprint density at radius 1 is 1.26 bits per heavy atom. The molecule has 8 heteroatoms. The van der Waals surface area contributed by atoms with E-state index < -0.39 is 0 Å². The fourth-order valence-electron chi connectivity index (χ4n) is 1.95. The lowest BCUT2D eigenvalue weighted by Gasteiger charge is -2.07.